The maximum Gasteiger partial charge on any atom is -0.00488 e. The summed E-state index contributed by atoms with van der Waals surface area (Å²) in [4.78, 5) is 0. The van der Waals surface area contributed by atoms with E-state index >= 15 is 0 Å². The summed E-state index contributed by atoms with van der Waals surface area (Å²) in [6, 6.07) is 2.32. The third-order valence-electron chi connectivity index (χ3n) is 3.98. The van der Waals surface area contributed by atoms with Gasteiger partial charge in [-0.3, -0.25) is 0 Å². The molecule has 0 aromatic heterocycles. The van der Waals surface area contributed by atoms with Crippen LogP contribution in [0.3, 0.4) is 0 Å². The van der Waals surface area contributed by atoms with Gasteiger partial charge in [0.1, 0.15) is 0 Å². The first-order valence-electron chi connectivity index (χ1n) is 7.35. The van der Waals surface area contributed by atoms with Crippen molar-refractivity contribution in [2.45, 2.75) is 60.3 Å². The molecule has 102 valence electrons. The average Bonchev–Trinajstić information content (AvgIpc) is 2.35. The Morgan fingerprint density at radius 1 is 0.889 bits per heavy atom. The smallest absolute Gasteiger partial charge is 0.00488 e. The van der Waals surface area contributed by atoms with Crippen molar-refractivity contribution in [3.63, 3.8) is 0 Å². The zero-order chi connectivity index (χ0) is 13.5. The fourth-order valence-corrected chi connectivity index (χ4v) is 2.53. The molecule has 0 heterocycles. The molecule has 0 saturated carbocycles. The van der Waals surface area contributed by atoms with E-state index in [0.717, 1.165) is 13.1 Å². The Balaban J connectivity index is 2.52. The van der Waals surface area contributed by atoms with Gasteiger partial charge in [-0.1, -0.05) is 13.0 Å². The maximum atomic E-state index is 3.47. The summed E-state index contributed by atoms with van der Waals surface area (Å²) in [5.74, 6) is 0. The fraction of sp³-hybridized carbons (Fsp3) is 0.647. The van der Waals surface area contributed by atoms with Gasteiger partial charge >= 0.3 is 0 Å². The molecule has 1 aromatic rings. The summed E-state index contributed by atoms with van der Waals surface area (Å²) >= 11 is 0. The molecule has 1 rings (SSSR count). The van der Waals surface area contributed by atoms with Crippen molar-refractivity contribution < 1.29 is 0 Å². The minimum atomic E-state index is 1.15. The van der Waals surface area contributed by atoms with Gasteiger partial charge in [0.15, 0.2) is 0 Å². The van der Waals surface area contributed by atoms with Crippen molar-refractivity contribution in [1.29, 1.82) is 0 Å². The summed E-state index contributed by atoms with van der Waals surface area (Å²) in [6.07, 6.45) is 5.04. The topological polar surface area (TPSA) is 12.0 Å². The zero-order valence-electron chi connectivity index (χ0n) is 12.8. The normalized spacial score (nSPS) is 10.9. The van der Waals surface area contributed by atoms with Crippen molar-refractivity contribution in [1.82, 2.24) is 5.32 Å². The summed E-state index contributed by atoms with van der Waals surface area (Å²) in [5.41, 5.74) is 7.47. The van der Waals surface area contributed by atoms with Gasteiger partial charge in [0.25, 0.3) is 0 Å². The van der Waals surface area contributed by atoms with Crippen molar-refractivity contribution >= 4 is 0 Å². The number of nitrogens with one attached hydrogen (secondary N) is 1. The maximum absolute atomic E-state index is 3.47. The molecular formula is C17H29N. The van der Waals surface area contributed by atoms with Gasteiger partial charge in [0, 0.05) is 0 Å². The molecular weight excluding hydrogens is 218 g/mol. The molecule has 18 heavy (non-hydrogen) atoms. The number of benzene rings is 1. The third-order valence-corrected chi connectivity index (χ3v) is 3.98. The molecule has 0 saturated heterocycles. The standard InChI is InChI=1S/C17H29N/c1-6-10-18-11-8-7-9-17-15(4)13(2)12-14(3)16(17)5/h12,18H,6-11H2,1-5H3. The summed E-state index contributed by atoms with van der Waals surface area (Å²) in [6.45, 7) is 13.5. The number of hydrogen-bond acceptors (Lipinski definition) is 1. The summed E-state index contributed by atoms with van der Waals surface area (Å²) in [7, 11) is 0. The lowest BCUT2D eigenvalue weighted by Gasteiger charge is -2.15. The highest BCUT2D eigenvalue weighted by molar-refractivity contribution is 5.43. The molecule has 0 radical (unpaired) electrons. The quantitative estimate of drug-likeness (QED) is 0.711. The van der Waals surface area contributed by atoms with Gasteiger partial charge in [0.2, 0.25) is 0 Å². The Bertz CT molecular complexity index is 353. The minimum Gasteiger partial charge on any atom is -0.317 e. The number of aryl methyl sites for hydroxylation is 2. The van der Waals surface area contributed by atoms with E-state index in [1.165, 1.54) is 47.9 Å². The average molecular weight is 247 g/mol. The molecule has 0 aliphatic carbocycles. The molecule has 0 fully saturated rings. The van der Waals surface area contributed by atoms with E-state index in [0.29, 0.717) is 0 Å². The van der Waals surface area contributed by atoms with E-state index in [1.54, 1.807) is 5.56 Å². The fourth-order valence-electron chi connectivity index (χ4n) is 2.53. The van der Waals surface area contributed by atoms with Crippen molar-refractivity contribution in [2.24, 2.45) is 0 Å². The lowest BCUT2D eigenvalue weighted by Crippen LogP contribution is -2.16. The number of unbranched alkanes of at least 4 members (excludes halogenated alkanes) is 1. The van der Waals surface area contributed by atoms with Crippen LogP contribution >= 0.6 is 0 Å². The van der Waals surface area contributed by atoms with E-state index in [9.17, 15) is 0 Å². The Morgan fingerprint density at radius 3 is 2.06 bits per heavy atom. The van der Waals surface area contributed by atoms with Crippen LogP contribution in [0.2, 0.25) is 0 Å². The van der Waals surface area contributed by atoms with Crippen LogP contribution < -0.4 is 5.32 Å². The molecule has 1 N–H and O–H groups in total. The lowest BCUT2D eigenvalue weighted by atomic mass is 9.91. The molecule has 1 heteroatoms. The Morgan fingerprint density at radius 2 is 1.50 bits per heavy atom. The second-order valence-electron chi connectivity index (χ2n) is 5.45. The van der Waals surface area contributed by atoms with Crippen LogP contribution in [0.4, 0.5) is 0 Å². The van der Waals surface area contributed by atoms with Crippen LogP contribution in [-0.4, -0.2) is 13.1 Å². The first kappa shape index (κ1) is 15.2. The molecule has 0 spiro atoms. The molecule has 0 unspecified atom stereocenters. The van der Waals surface area contributed by atoms with E-state index in [-0.39, 0.29) is 0 Å². The van der Waals surface area contributed by atoms with E-state index in [2.05, 4.69) is 46.0 Å². The van der Waals surface area contributed by atoms with E-state index < -0.39 is 0 Å². The molecule has 1 aromatic carbocycles. The molecule has 0 atom stereocenters. The van der Waals surface area contributed by atoms with Crippen LogP contribution in [0, 0.1) is 27.7 Å². The van der Waals surface area contributed by atoms with Crippen molar-refractivity contribution in [3.8, 4) is 0 Å². The van der Waals surface area contributed by atoms with Gasteiger partial charge in [-0.15, -0.1) is 0 Å². The highest BCUT2D eigenvalue weighted by atomic mass is 14.8. The SMILES string of the molecule is CCCNCCCCc1c(C)c(C)cc(C)c1C. The lowest BCUT2D eigenvalue weighted by molar-refractivity contribution is 0.615. The monoisotopic (exact) mass is 247 g/mol. The van der Waals surface area contributed by atoms with Crippen molar-refractivity contribution in [2.75, 3.05) is 13.1 Å². The van der Waals surface area contributed by atoms with E-state index in [4.69, 9.17) is 0 Å². The summed E-state index contributed by atoms with van der Waals surface area (Å²) in [5, 5.41) is 3.47. The highest BCUT2D eigenvalue weighted by Crippen LogP contribution is 2.23. The van der Waals surface area contributed by atoms with Gasteiger partial charge in [-0.2, -0.15) is 0 Å². The predicted molar refractivity (Wildman–Crippen MR) is 81.5 cm³/mol. The zero-order valence-corrected chi connectivity index (χ0v) is 12.8. The highest BCUT2D eigenvalue weighted by Gasteiger charge is 2.07. The minimum absolute atomic E-state index is 1.15. The molecule has 0 amide bonds. The second kappa shape index (κ2) is 7.58. The van der Waals surface area contributed by atoms with Crippen LogP contribution in [0.1, 0.15) is 54.0 Å². The van der Waals surface area contributed by atoms with Crippen LogP contribution in [0.25, 0.3) is 0 Å². The summed E-state index contributed by atoms with van der Waals surface area (Å²) < 4.78 is 0. The van der Waals surface area contributed by atoms with Gasteiger partial charge in [-0.25, -0.2) is 0 Å². The van der Waals surface area contributed by atoms with Gasteiger partial charge in [0.05, 0.1) is 0 Å². The van der Waals surface area contributed by atoms with Gasteiger partial charge < -0.3 is 5.32 Å². The van der Waals surface area contributed by atoms with Crippen LogP contribution in [0.5, 0.6) is 0 Å². The molecule has 0 bridgehead atoms. The van der Waals surface area contributed by atoms with Gasteiger partial charge in [-0.05, 0) is 94.3 Å². The number of hydrogen-bond donors (Lipinski definition) is 1. The predicted octanol–water partition coefficient (Wildman–Crippen LogP) is 4.24. The van der Waals surface area contributed by atoms with Crippen molar-refractivity contribution in [3.05, 3.63) is 33.9 Å². The van der Waals surface area contributed by atoms with Crippen LogP contribution in [-0.2, 0) is 6.42 Å². The third kappa shape index (κ3) is 4.13. The second-order valence-corrected chi connectivity index (χ2v) is 5.45. The number of rotatable bonds is 7. The Hall–Kier alpha value is -0.820. The molecule has 0 aliphatic heterocycles. The first-order valence-corrected chi connectivity index (χ1v) is 7.35. The van der Waals surface area contributed by atoms with Crippen LogP contribution in [0.15, 0.2) is 6.07 Å². The Labute approximate surface area is 113 Å². The molecule has 1 nitrogen and oxygen atoms in total. The Kier molecular flexibility index (Phi) is 6.42. The molecule has 0 aliphatic rings. The first-order chi connectivity index (χ1) is 8.57. The van der Waals surface area contributed by atoms with E-state index in [1.807, 2.05) is 0 Å². The largest absolute Gasteiger partial charge is 0.317 e.